The van der Waals surface area contributed by atoms with Gasteiger partial charge < -0.3 is 15.4 Å². The van der Waals surface area contributed by atoms with Gasteiger partial charge in [-0.15, -0.1) is 0 Å². The highest BCUT2D eigenvalue weighted by Gasteiger charge is 2.18. The first kappa shape index (κ1) is 16.8. The number of carbonyl (C=O) groups is 1. The Kier molecular flexibility index (Phi) is 6.81. The molecular formula is C14H21FN2O2S. The highest BCUT2D eigenvalue weighted by atomic mass is 32.2. The summed E-state index contributed by atoms with van der Waals surface area (Å²) in [5.74, 6) is 0.477. The lowest BCUT2D eigenvalue weighted by atomic mass is 10.1. The highest BCUT2D eigenvalue weighted by Crippen LogP contribution is 2.18. The average Bonchev–Trinajstić information content (AvgIpc) is 2.44. The van der Waals surface area contributed by atoms with E-state index in [-0.39, 0.29) is 11.7 Å². The number of nitrogens with zero attached hydrogens (tertiary/aromatic N) is 1. The molecular weight excluding hydrogens is 279 g/mol. The molecule has 0 aromatic heterocycles. The van der Waals surface area contributed by atoms with Crippen molar-refractivity contribution < 1.29 is 13.9 Å². The minimum atomic E-state index is -0.504. The van der Waals surface area contributed by atoms with Crippen LogP contribution in [0.1, 0.15) is 12.0 Å². The van der Waals surface area contributed by atoms with Crippen LogP contribution in [0.15, 0.2) is 18.2 Å². The van der Waals surface area contributed by atoms with E-state index in [0.717, 1.165) is 5.75 Å². The topological polar surface area (TPSA) is 55.6 Å². The number of rotatable bonds is 7. The lowest BCUT2D eigenvalue weighted by molar-refractivity contribution is -0.131. The van der Waals surface area contributed by atoms with Crippen LogP contribution in [0.4, 0.5) is 4.39 Å². The van der Waals surface area contributed by atoms with Gasteiger partial charge in [-0.1, -0.05) is 6.07 Å². The average molecular weight is 300 g/mol. The van der Waals surface area contributed by atoms with Crippen molar-refractivity contribution in [3.05, 3.63) is 29.6 Å². The van der Waals surface area contributed by atoms with Crippen LogP contribution in [-0.2, 0) is 11.3 Å². The molecule has 0 saturated carbocycles. The second-order valence-electron chi connectivity index (χ2n) is 4.55. The molecule has 1 atom stereocenters. The summed E-state index contributed by atoms with van der Waals surface area (Å²) in [5.41, 5.74) is 6.54. The number of thioether (sulfide) groups is 1. The van der Waals surface area contributed by atoms with Gasteiger partial charge in [0, 0.05) is 13.6 Å². The maximum Gasteiger partial charge on any atom is 0.239 e. The van der Waals surface area contributed by atoms with Gasteiger partial charge in [-0.2, -0.15) is 11.8 Å². The van der Waals surface area contributed by atoms with Gasteiger partial charge in [-0.25, -0.2) is 4.39 Å². The van der Waals surface area contributed by atoms with Crippen molar-refractivity contribution in [2.24, 2.45) is 5.73 Å². The Hall–Kier alpha value is -1.27. The Morgan fingerprint density at radius 1 is 1.55 bits per heavy atom. The SMILES string of the molecule is COc1ccc(CN(C)C(=O)[C@@H](N)CCSC)cc1F. The number of nitrogens with two attached hydrogens (primary N) is 1. The predicted octanol–water partition coefficient (Wildman–Crippen LogP) is 1.87. The number of methoxy groups -OCH3 is 1. The zero-order valence-electron chi connectivity index (χ0n) is 12.1. The van der Waals surface area contributed by atoms with E-state index >= 15 is 0 Å². The number of hydrogen-bond donors (Lipinski definition) is 1. The molecule has 1 aromatic rings. The molecule has 0 aliphatic carbocycles. The van der Waals surface area contributed by atoms with E-state index in [1.54, 1.807) is 30.9 Å². The van der Waals surface area contributed by atoms with Gasteiger partial charge in [-0.3, -0.25) is 4.79 Å². The van der Waals surface area contributed by atoms with Gasteiger partial charge in [0.05, 0.1) is 13.2 Å². The minimum absolute atomic E-state index is 0.129. The first-order valence-electron chi connectivity index (χ1n) is 6.31. The summed E-state index contributed by atoms with van der Waals surface area (Å²) < 4.78 is 18.4. The molecule has 0 fully saturated rings. The van der Waals surface area contributed by atoms with Gasteiger partial charge in [0.1, 0.15) is 0 Å². The van der Waals surface area contributed by atoms with Gasteiger partial charge >= 0.3 is 0 Å². The Morgan fingerprint density at radius 3 is 2.80 bits per heavy atom. The molecule has 0 aliphatic heterocycles. The first-order valence-corrected chi connectivity index (χ1v) is 7.71. The predicted molar refractivity (Wildman–Crippen MR) is 80.4 cm³/mol. The molecule has 20 heavy (non-hydrogen) atoms. The Bertz CT molecular complexity index is 457. The molecule has 1 amide bonds. The molecule has 1 aromatic carbocycles. The zero-order valence-corrected chi connectivity index (χ0v) is 12.9. The second-order valence-corrected chi connectivity index (χ2v) is 5.54. The summed E-state index contributed by atoms with van der Waals surface area (Å²) in [5, 5.41) is 0. The maximum absolute atomic E-state index is 13.6. The van der Waals surface area contributed by atoms with Crippen LogP contribution in [-0.4, -0.2) is 43.0 Å². The van der Waals surface area contributed by atoms with Gasteiger partial charge in [-0.05, 0) is 36.1 Å². The number of halogens is 1. The first-order chi connectivity index (χ1) is 9.49. The molecule has 0 spiro atoms. The Balaban J connectivity index is 2.63. The molecule has 0 saturated heterocycles. The summed E-state index contributed by atoms with van der Waals surface area (Å²) in [7, 11) is 3.09. The van der Waals surface area contributed by atoms with Crippen molar-refractivity contribution in [1.82, 2.24) is 4.90 Å². The quantitative estimate of drug-likeness (QED) is 0.835. The fraction of sp³-hybridized carbons (Fsp3) is 0.500. The second kappa shape index (κ2) is 8.11. The van der Waals surface area contributed by atoms with E-state index in [1.165, 1.54) is 18.1 Å². The number of likely N-dealkylation sites (N-methyl/N-ethyl adjacent to an activating group) is 1. The van der Waals surface area contributed by atoms with E-state index < -0.39 is 11.9 Å². The summed E-state index contributed by atoms with van der Waals surface area (Å²) in [6, 6.07) is 4.15. The van der Waals surface area contributed by atoms with E-state index in [0.29, 0.717) is 18.5 Å². The van der Waals surface area contributed by atoms with Crippen LogP contribution in [0, 0.1) is 5.82 Å². The van der Waals surface area contributed by atoms with Crippen molar-refractivity contribution in [2.75, 3.05) is 26.2 Å². The fourth-order valence-electron chi connectivity index (χ4n) is 1.81. The van der Waals surface area contributed by atoms with Crippen LogP contribution < -0.4 is 10.5 Å². The lowest BCUT2D eigenvalue weighted by Crippen LogP contribution is -2.41. The summed E-state index contributed by atoms with van der Waals surface area (Å²) >= 11 is 1.65. The third kappa shape index (κ3) is 4.68. The van der Waals surface area contributed by atoms with Crippen molar-refractivity contribution in [1.29, 1.82) is 0 Å². The van der Waals surface area contributed by atoms with Crippen molar-refractivity contribution in [3.63, 3.8) is 0 Å². The van der Waals surface area contributed by atoms with Crippen LogP contribution in [0.25, 0.3) is 0 Å². The number of amides is 1. The Labute approximate surface area is 123 Å². The monoisotopic (exact) mass is 300 g/mol. The van der Waals surface area contributed by atoms with Crippen molar-refractivity contribution in [3.8, 4) is 5.75 Å². The van der Waals surface area contributed by atoms with Crippen LogP contribution in [0.5, 0.6) is 5.75 Å². The largest absolute Gasteiger partial charge is 0.494 e. The number of benzene rings is 1. The molecule has 0 heterocycles. The van der Waals surface area contributed by atoms with E-state index in [9.17, 15) is 9.18 Å². The molecule has 112 valence electrons. The van der Waals surface area contributed by atoms with Gasteiger partial charge in [0.15, 0.2) is 11.6 Å². The van der Waals surface area contributed by atoms with E-state index in [2.05, 4.69) is 0 Å². The molecule has 0 radical (unpaired) electrons. The van der Waals surface area contributed by atoms with E-state index in [4.69, 9.17) is 10.5 Å². The molecule has 0 aliphatic rings. The van der Waals surface area contributed by atoms with Gasteiger partial charge in [0.2, 0.25) is 5.91 Å². The Morgan fingerprint density at radius 2 is 2.25 bits per heavy atom. The molecule has 4 nitrogen and oxygen atoms in total. The zero-order chi connectivity index (χ0) is 15.1. The number of ether oxygens (including phenoxy) is 1. The third-order valence-corrected chi connectivity index (χ3v) is 3.61. The standard InChI is InChI=1S/C14H21FN2O2S/c1-17(14(18)12(16)6-7-20-3)9-10-4-5-13(19-2)11(15)8-10/h4-5,8,12H,6-7,9,16H2,1-3H3/t12-/m0/s1. The van der Waals surface area contributed by atoms with Crippen molar-refractivity contribution >= 4 is 17.7 Å². The molecule has 0 unspecified atom stereocenters. The fourth-order valence-corrected chi connectivity index (χ4v) is 2.30. The summed E-state index contributed by atoms with van der Waals surface area (Å²) in [4.78, 5) is 13.6. The van der Waals surface area contributed by atoms with Crippen LogP contribution in [0.3, 0.4) is 0 Å². The molecule has 0 bridgehead atoms. The normalized spacial score (nSPS) is 12.1. The van der Waals surface area contributed by atoms with Crippen molar-refractivity contribution in [2.45, 2.75) is 19.0 Å². The van der Waals surface area contributed by atoms with Crippen LogP contribution >= 0.6 is 11.8 Å². The smallest absolute Gasteiger partial charge is 0.239 e. The number of carbonyl (C=O) groups excluding carboxylic acids is 1. The lowest BCUT2D eigenvalue weighted by Gasteiger charge is -2.21. The molecule has 6 heteroatoms. The maximum atomic E-state index is 13.6. The minimum Gasteiger partial charge on any atom is -0.494 e. The van der Waals surface area contributed by atoms with Crippen LogP contribution in [0.2, 0.25) is 0 Å². The van der Waals surface area contributed by atoms with E-state index in [1.807, 2.05) is 6.26 Å². The summed E-state index contributed by atoms with van der Waals surface area (Å²) in [6.07, 6.45) is 2.61. The summed E-state index contributed by atoms with van der Waals surface area (Å²) in [6.45, 7) is 0.326. The third-order valence-electron chi connectivity index (χ3n) is 2.96. The van der Waals surface area contributed by atoms with Gasteiger partial charge in [0.25, 0.3) is 0 Å². The molecule has 2 N–H and O–H groups in total. The number of hydrogen-bond acceptors (Lipinski definition) is 4. The molecule has 1 rings (SSSR count). The highest BCUT2D eigenvalue weighted by molar-refractivity contribution is 7.98.